The number of carbonyl (C=O) groups excluding carboxylic acids is 1. The fraction of sp³-hybridized carbons (Fsp3) is 0.556. The lowest BCUT2D eigenvalue weighted by Crippen LogP contribution is -2.26. The maximum absolute atomic E-state index is 11.9. The summed E-state index contributed by atoms with van der Waals surface area (Å²) in [6.45, 7) is 3.50. The zero-order chi connectivity index (χ0) is 13.8. The summed E-state index contributed by atoms with van der Waals surface area (Å²) in [6, 6.07) is 0. The van der Waals surface area contributed by atoms with E-state index < -0.39 is 16.0 Å². The molecule has 0 spiro atoms. The summed E-state index contributed by atoms with van der Waals surface area (Å²) in [6.07, 6.45) is -0.0152. The molecule has 0 aromatic carbocycles. The van der Waals surface area contributed by atoms with Gasteiger partial charge in [-0.3, -0.25) is 4.79 Å². The minimum atomic E-state index is -3.67. The van der Waals surface area contributed by atoms with Gasteiger partial charge in [0.05, 0.1) is 18.7 Å². The molecule has 0 bridgehead atoms. The van der Waals surface area contributed by atoms with Crippen LogP contribution in [0.3, 0.4) is 0 Å². The van der Waals surface area contributed by atoms with Crippen LogP contribution in [-0.2, 0) is 19.6 Å². The Morgan fingerprint density at radius 2 is 2.22 bits per heavy atom. The van der Waals surface area contributed by atoms with Gasteiger partial charge in [0.25, 0.3) is 10.0 Å². The summed E-state index contributed by atoms with van der Waals surface area (Å²) < 4.78 is 30.9. The smallest absolute Gasteiger partial charge is 0.307 e. The molecule has 0 amide bonds. The molecule has 0 atom stereocenters. The zero-order valence-electron chi connectivity index (χ0n) is 9.90. The number of halogens is 1. The maximum atomic E-state index is 11.9. The number of hydrogen-bond acceptors (Lipinski definition) is 6. The molecule has 9 heteroatoms. The van der Waals surface area contributed by atoms with Gasteiger partial charge < -0.3 is 4.74 Å². The summed E-state index contributed by atoms with van der Waals surface area (Å²) >= 11 is 6.52. The van der Waals surface area contributed by atoms with Crippen molar-refractivity contribution in [2.24, 2.45) is 0 Å². The molecule has 0 radical (unpaired) electrons. The highest BCUT2D eigenvalue weighted by Gasteiger charge is 2.21. The van der Waals surface area contributed by atoms with Crippen LogP contribution in [0.15, 0.2) is 4.21 Å². The fourth-order valence-corrected chi connectivity index (χ4v) is 4.00. The number of ether oxygens (including phenoxy) is 1. The van der Waals surface area contributed by atoms with Crippen molar-refractivity contribution in [3.63, 3.8) is 0 Å². The van der Waals surface area contributed by atoms with Gasteiger partial charge in [-0.1, -0.05) is 22.9 Å². The van der Waals surface area contributed by atoms with Gasteiger partial charge in [-0.2, -0.15) is 0 Å². The average Bonchev–Trinajstić information content (AvgIpc) is 2.58. The number of hydrogen-bond donors (Lipinski definition) is 1. The number of sulfonamides is 1. The van der Waals surface area contributed by atoms with Crippen molar-refractivity contribution in [2.45, 2.75) is 24.5 Å². The minimum absolute atomic E-state index is 0.0152. The van der Waals surface area contributed by atoms with Crippen LogP contribution in [0.4, 0.5) is 0 Å². The van der Waals surface area contributed by atoms with E-state index >= 15 is 0 Å². The van der Waals surface area contributed by atoms with Crippen LogP contribution in [0.5, 0.6) is 0 Å². The molecule has 1 aromatic rings. The van der Waals surface area contributed by atoms with Crippen LogP contribution in [-0.4, -0.2) is 32.5 Å². The van der Waals surface area contributed by atoms with Crippen LogP contribution < -0.4 is 4.72 Å². The van der Waals surface area contributed by atoms with Gasteiger partial charge in [-0.05, 0) is 13.8 Å². The predicted molar refractivity (Wildman–Crippen MR) is 68.3 cm³/mol. The molecule has 18 heavy (non-hydrogen) atoms. The third-order valence-corrected chi connectivity index (χ3v) is 5.23. The lowest BCUT2D eigenvalue weighted by atomic mass is 10.4. The molecular formula is C9H13ClN2O4S2. The molecule has 0 aliphatic heterocycles. The first-order valence-corrected chi connectivity index (χ1v) is 7.82. The predicted octanol–water partition coefficient (Wildman–Crippen LogP) is 1.34. The van der Waals surface area contributed by atoms with Crippen molar-refractivity contribution in [3.05, 3.63) is 10.2 Å². The summed E-state index contributed by atoms with van der Waals surface area (Å²) in [4.78, 5) is 14.9. The first kappa shape index (κ1) is 15.4. The monoisotopic (exact) mass is 312 g/mol. The summed E-state index contributed by atoms with van der Waals surface area (Å²) in [7, 11) is -3.67. The Morgan fingerprint density at radius 3 is 2.72 bits per heavy atom. The highest BCUT2D eigenvalue weighted by atomic mass is 35.5. The van der Waals surface area contributed by atoms with Gasteiger partial charge in [0.1, 0.15) is 0 Å². The number of nitrogens with one attached hydrogen (secondary N) is 1. The Morgan fingerprint density at radius 1 is 1.56 bits per heavy atom. The third kappa shape index (κ3) is 4.20. The molecule has 0 unspecified atom stereocenters. The lowest BCUT2D eigenvalue weighted by molar-refractivity contribution is -0.142. The van der Waals surface area contributed by atoms with Gasteiger partial charge >= 0.3 is 5.97 Å². The number of aryl methyl sites for hydroxylation is 1. The van der Waals surface area contributed by atoms with Crippen molar-refractivity contribution in [1.29, 1.82) is 0 Å². The topological polar surface area (TPSA) is 85.4 Å². The van der Waals surface area contributed by atoms with Gasteiger partial charge in [-0.25, -0.2) is 18.1 Å². The molecule has 102 valence electrons. The lowest BCUT2D eigenvalue weighted by Gasteiger charge is -2.05. The van der Waals surface area contributed by atoms with Crippen molar-refractivity contribution >= 4 is 38.9 Å². The Balaban J connectivity index is 2.61. The van der Waals surface area contributed by atoms with Crippen molar-refractivity contribution in [3.8, 4) is 0 Å². The number of carbonyl (C=O) groups is 1. The standard InChI is InChI=1S/C9H13ClN2O4S2/c1-3-16-7(13)4-5-11-18(14,15)8-6(2)12-9(10)17-8/h11H,3-5H2,1-2H3. The van der Waals surface area contributed by atoms with E-state index in [0.717, 1.165) is 11.3 Å². The highest BCUT2D eigenvalue weighted by Crippen LogP contribution is 2.26. The third-order valence-electron chi connectivity index (χ3n) is 1.90. The van der Waals surface area contributed by atoms with Gasteiger partial charge in [0.15, 0.2) is 8.68 Å². The summed E-state index contributed by atoms with van der Waals surface area (Å²) in [5.41, 5.74) is 0.341. The molecule has 0 aliphatic rings. The molecule has 1 heterocycles. The van der Waals surface area contributed by atoms with E-state index in [9.17, 15) is 13.2 Å². The number of esters is 1. The summed E-state index contributed by atoms with van der Waals surface area (Å²) in [5, 5.41) is 0. The van der Waals surface area contributed by atoms with Gasteiger partial charge in [0, 0.05) is 6.54 Å². The van der Waals surface area contributed by atoms with Crippen LogP contribution in [0, 0.1) is 6.92 Å². The van der Waals surface area contributed by atoms with Gasteiger partial charge in [-0.15, -0.1) is 0 Å². The first-order chi connectivity index (χ1) is 8.36. The van der Waals surface area contributed by atoms with Gasteiger partial charge in [0.2, 0.25) is 0 Å². The molecule has 6 nitrogen and oxygen atoms in total. The molecule has 0 saturated heterocycles. The summed E-state index contributed by atoms with van der Waals surface area (Å²) in [5.74, 6) is -0.445. The molecule has 1 rings (SSSR count). The largest absolute Gasteiger partial charge is 0.466 e. The molecular weight excluding hydrogens is 300 g/mol. The molecule has 1 N–H and O–H groups in total. The number of thiazole rings is 1. The molecule has 1 aromatic heterocycles. The van der Waals surface area contributed by atoms with Crippen molar-refractivity contribution in [1.82, 2.24) is 9.71 Å². The van der Waals surface area contributed by atoms with E-state index in [2.05, 4.69) is 14.4 Å². The highest BCUT2D eigenvalue weighted by molar-refractivity contribution is 7.91. The van der Waals surface area contributed by atoms with Crippen LogP contribution >= 0.6 is 22.9 Å². The van der Waals surface area contributed by atoms with E-state index in [1.807, 2.05) is 0 Å². The van der Waals surface area contributed by atoms with E-state index in [-0.39, 0.29) is 28.2 Å². The molecule has 0 aliphatic carbocycles. The quantitative estimate of drug-likeness (QED) is 0.801. The van der Waals surface area contributed by atoms with Crippen LogP contribution in [0.1, 0.15) is 19.0 Å². The van der Waals surface area contributed by atoms with Crippen LogP contribution in [0.25, 0.3) is 0 Å². The SMILES string of the molecule is CCOC(=O)CCNS(=O)(=O)c1sc(Cl)nc1C. The van der Waals surface area contributed by atoms with Crippen molar-refractivity contribution in [2.75, 3.05) is 13.2 Å². The van der Waals surface area contributed by atoms with E-state index in [4.69, 9.17) is 11.6 Å². The molecule has 0 fully saturated rings. The number of nitrogens with zero attached hydrogens (tertiary/aromatic N) is 1. The van der Waals surface area contributed by atoms with Crippen LogP contribution in [0.2, 0.25) is 4.47 Å². The Bertz CT molecular complexity index is 527. The Hall–Kier alpha value is -0.700. The molecule has 0 saturated carbocycles. The average molecular weight is 313 g/mol. The van der Waals surface area contributed by atoms with E-state index in [1.54, 1.807) is 13.8 Å². The second kappa shape index (κ2) is 6.46. The van der Waals surface area contributed by atoms with E-state index in [0.29, 0.717) is 5.69 Å². The minimum Gasteiger partial charge on any atom is -0.466 e. The van der Waals surface area contributed by atoms with Crippen molar-refractivity contribution < 1.29 is 17.9 Å². The van der Waals surface area contributed by atoms with E-state index in [1.165, 1.54) is 0 Å². The second-order valence-electron chi connectivity index (χ2n) is 3.29. The normalized spacial score (nSPS) is 11.5. The Kier molecular flexibility index (Phi) is 5.51. The first-order valence-electron chi connectivity index (χ1n) is 5.15. The zero-order valence-corrected chi connectivity index (χ0v) is 12.3. The fourth-order valence-electron chi connectivity index (χ4n) is 1.19. The Labute approximate surface area is 114 Å². The number of aromatic nitrogens is 1. The number of rotatable bonds is 6. The second-order valence-corrected chi connectivity index (χ2v) is 6.84. The maximum Gasteiger partial charge on any atom is 0.307 e.